The molecule has 0 aliphatic carbocycles. The van der Waals surface area contributed by atoms with E-state index in [1.807, 2.05) is 11.4 Å². The lowest BCUT2D eigenvalue weighted by molar-refractivity contribution is 0.625. The molecule has 0 unspecified atom stereocenters. The second kappa shape index (κ2) is 6.88. The first-order valence-electron chi connectivity index (χ1n) is 9.95. The van der Waals surface area contributed by atoms with E-state index in [1.54, 1.807) is 6.33 Å². The van der Waals surface area contributed by atoms with Gasteiger partial charge < -0.3 is 14.7 Å². The van der Waals surface area contributed by atoms with Crippen molar-refractivity contribution >= 4 is 23.4 Å². The number of aryl methyl sites for hydroxylation is 2. The molecule has 0 spiro atoms. The molecule has 3 aromatic rings. The summed E-state index contributed by atoms with van der Waals surface area (Å²) in [7, 11) is 0. The van der Waals surface area contributed by atoms with Crippen LogP contribution in [0.3, 0.4) is 0 Å². The van der Waals surface area contributed by atoms with Gasteiger partial charge in [0.2, 0.25) is 5.95 Å². The molecule has 2 fully saturated rings. The Morgan fingerprint density at radius 1 is 0.750 bits per heavy atom. The molecule has 9 nitrogen and oxygen atoms in total. The van der Waals surface area contributed by atoms with Crippen LogP contribution in [0.2, 0.25) is 0 Å². The summed E-state index contributed by atoms with van der Waals surface area (Å²) in [4.78, 5) is 25.3. The predicted molar refractivity (Wildman–Crippen MR) is 108 cm³/mol. The maximum Gasteiger partial charge on any atom is 0.254 e. The summed E-state index contributed by atoms with van der Waals surface area (Å²) in [5.41, 5.74) is 1.98. The summed E-state index contributed by atoms with van der Waals surface area (Å²) in [6.45, 7) is 9.76. The highest BCUT2D eigenvalue weighted by Crippen LogP contribution is 2.23. The molecule has 5 rings (SSSR count). The van der Waals surface area contributed by atoms with Crippen LogP contribution in [-0.4, -0.2) is 68.8 Å². The fourth-order valence-electron chi connectivity index (χ4n) is 4.06. The Balaban J connectivity index is 1.35. The standard InChI is InChI=1S/C19H25N9/c1-14-11-16(25-5-3-4-6-25)24-19(23-14)27-9-7-26(8-10-27)17-12-15(2)22-18-20-13-21-28(17)18/h11-13H,3-10H2,1-2H3. The number of anilines is 3. The van der Waals surface area contributed by atoms with E-state index < -0.39 is 0 Å². The Morgan fingerprint density at radius 2 is 1.46 bits per heavy atom. The number of hydrogen-bond acceptors (Lipinski definition) is 8. The van der Waals surface area contributed by atoms with Gasteiger partial charge in [-0.05, 0) is 26.7 Å². The minimum absolute atomic E-state index is 0.648. The Labute approximate surface area is 164 Å². The number of nitrogens with zero attached hydrogens (tertiary/aromatic N) is 9. The van der Waals surface area contributed by atoms with Gasteiger partial charge in [-0.2, -0.15) is 19.6 Å². The second-order valence-electron chi connectivity index (χ2n) is 7.56. The van der Waals surface area contributed by atoms with E-state index in [2.05, 4.69) is 48.8 Å². The van der Waals surface area contributed by atoms with Crippen molar-refractivity contribution in [2.45, 2.75) is 26.7 Å². The molecular formula is C19H25N9. The van der Waals surface area contributed by atoms with Crippen molar-refractivity contribution in [3.05, 3.63) is 29.8 Å². The highest BCUT2D eigenvalue weighted by molar-refractivity contribution is 5.50. The van der Waals surface area contributed by atoms with E-state index in [-0.39, 0.29) is 0 Å². The quantitative estimate of drug-likeness (QED) is 0.677. The molecule has 0 aromatic carbocycles. The zero-order valence-corrected chi connectivity index (χ0v) is 16.4. The van der Waals surface area contributed by atoms with Crippen LogP contribution in [-0.2, 0) is 0 Å². The Bertz CT molecular complexity index is 984. The molecule has 146 valence electrons. The van der Waals surface area contributed by atoms with E-state index >= 15 is 0 Å². The number of piperazine rings is 1. The lowest BCUT2D eigenvalue weighted by Gasteiger charge is -2.36. The largest absolute Gasteiger partial charge is 0.356 e. The van der Waals surface area contributed by atoms with Gasteiger partial charge in [0.15, 0.2) is 0 Å². The van der Waals surface area contributed by atoms with Crippen molar-refractivity contribution in [3.8, 4) is 0 Å². The molecule has 0 atom stereocenters. The van der Waals surface area contributed by atoms with Crippen LogP contribution in [0.5, 0.6) is 0 Å². The molecule has 3 aromatic heterocycles. The maximum atomic E-state index is 4.88. The minimum Gasteiger partial charge on any atom is -0.356 e. The van der Waals surface area contributed by atoms with Gasteiger partial charge in [0.05, 0.1) is 0 Å². The zero-order chi connectivity index (χ0) is 19.1. The number of aromatic nitrogens is 6. The summed E-state index contributed by atoms with van der Waals surface area (Å²) in [6, 6.07) is 4.18. The topological polar surface area (TPSA) is 78.6 Å². The zero-order valence-electron chi connectivity index (χ0n) is 16.4. The van der Waals surface area contributed by atoms with Crippen molar-refractivity contribution in [3.63, 3.8) is 0 Å². The molecule has 2 aliphatic rings. The van der Waals surface area contributed by atoms with Gasteiger partial charge in [-0.1, -0.05) is 0 Å². The van der Waals surface area contributed by atoms with E-state index in [4.69, 9.17) is 9.97 Å². The van der Waals surface area contributed by atoms with E-state index in [1.165, 1.54) is 12.8 Å². The fraction of sp³-hybridized carbons (Fsp3) is 0.526. The first-order valence-corrected chi connectivity index (χ1v) is 9.95. The Kier molecular flexibility index (Phi) is 4.22. The Morgan fingerprint density at radius 3 is 2.25 bits per heavy atom. The highest BCUT2D eigenvalue weighted by Gasteiger charge is 2.23. The van der Waals surface area contributed by atoms with Crippen molar-refractivity contribution in [1.82, 2.24) is 29.5 Å². The van der Waals surface area contributed by atoms with Gasteiger partial charge in [-0.3, -0.25) is 0 Å². The monoisotopic (exact) mass is 379 g/mol. The van der Waals surface area contributed by atoms with E-state index in [0.717, 1.165) is 68.2 Å². The van der Waals surface area contributed by atoms with Gasteiger partial charge >= 0.3 is 0 Å². The Hall–Kier alpha value is -2.97. The van der Waals surface area contributed by atoms with Crippen LogP contribution in [0.15, 0.2) is 18.5 Å². The summed E-state index contributed by atoms with van der Waals surface area (Å²) in [5.74, 6) is 3.60. The fourth-order valence-corrected chi connectivity index (χ4v) is 4.06. The normalized spacial score (nSPS) is 17.7. The van der Waals surface area contributed by atoms with Crippen LogP contribution < -0.4 is 14.7 Å². The predicted octanol–water partition coefficient (Wildman–Crippen LogP) is 1.46. The lowest BCUT2D eigenvalue weighted by Crippen LogP contribution is -2.48. The van der Waals surface area contributed by atoms with Gasteiger partial charge in [-0.15, -0.1) is 0 Å². The SMILES string of the molecule is Cc1cc(N2CCCC2)nc(N2CCN(c3cc(C)nc4ncnn34)CC2)n1. The maximum absolute atomic E-state index is 4.88. The smallest absolute Gasteiger partial charge is 0.254 e. The summed E-state index contributed by atoms with van der Waals surface area (Å²) in [6.07, 6.45) is 4.06. The van der Waals surface area contributed by atoms with E-state index in [9.17, 15) is 0 Å². The molecule has 0 amide bonds. The molecule has 0 saturated carbocycles. The molecule has 2 aliphatic heterocycles. The van der Waals surface area contributed by atoms with Crippen molar-refractivity contribution in [2.75, 3.05) is 54.0 Å². The third-order valence-corrected chi connectivity index (χ3v) is 5.51. The van der Waals surface area contributed by atoms with Gasteiger partial charge in [-0.25, -0.2) is 9.97 Å². The van der Waals surface area contributed by atoms with Gasteiger partial charge in [0, 0.05) is 62.8 Å². The van der Waals surface area contributed by atoms with Crippen molar-refractivity contribution in [2.24, 2.45) is 0 Å². The second-order valence-corrected chi connectivity index (χ2v) is 7.56. The molecule has 5 heterocycles. The summed E-state index contributed by atoms with van der Waals surface area (Å²) in [5, 5.41) is 4.34. The molecule has 0 N–H and O–H groups in total. The number of fused-ring (bicyclic) bond motifs is 1. The first kappa shape index (κ1) is 17.2. The lowest BCUT2D eigenvalue weighted by atomic mass is 10.3. The number of rotatable bonds is 3. The van der Waals surface area contributed by atoms with Crippen LogP contribution >= 0.6 is 0 Å². The van der Waals surface area contributed by atoms with E-state index in [0.29, 0.717) is 5.78 Å². The molecule has 2 saturated heterocycles. The highest BCUT2D eigenvalue weighted by atomic mass is 15.4. The third kappa shape index (κ3) is 3.10. The van der Waals surface area contributed by atoms with Crippen LogP contribution in [0.4, 0.5) is 17.6 Å². The minimum atomic E-state index is 0.648. The summed E-state index contributed by atoms with van der Waals surface area (Å²) >= 11 is 0. The van der Waals surface area contributed by atoms with Crippen LogP contribution in [0.1, 0.15) is 24.2 Å². The van der Waals surface area contributed by atoms with Crippen LogP contribution in [0, 0.1) is 13.8 Å². The first-order chi connectivity index (χ1) is 13.7. The van der Waals surface area contributed by atoms with Crippen molar-refractivity contribution < 1.29 is 0 Å². The molecular weight excluding hydrogens is 354 g/mol. The van der Waals surface area contributed by atoms with Crippen LogP contribution in [0.25, 0.3) is 5.78 Å². The average Bonchev–Trinajstić information content (AvgIpc) is 3.39. The van der Waals surface area contributed by atoms with Gasteiger partial charge in [0.1, 0.15) is 18.0 Å². The summed E-state index contributed by atoms with van der Waals surface area (Å²) < 4.78 is 1.82. The molecule has 28 heavy (non-hydrogen) atoms. The molecule has 0 radical (unpaired) electrons. The third-order valence-electron chi connectivity index (χ3n) is 5.51. The molecule has 0 bridgehead atoms. The molecule has 9 heteroatoms. The number of hydrogen-bond donors (Lipinski definition) is 0. The van der Waals surface area contributed by atoms with Crippen molar-refractivity contribution in [1.29, 1.82) is 0 Å². The van der Waals surface area contributed by atoms with Gasteiger partial charge in [0.25, 0.3) is 5.78 Å². The average molecular weight is 379 g/mol.